The monoisotopic (exact) mass is 269 g/mol. The first kappa shape index (κ1) is 15.0. The summed E-state index contributed by atoms with van der Waals surface area (Å²) in [4.78, 5) is 21.3. The van der Waals surface area contributed by atoms with Crippen LogP contribution in [0.25, 0.3) is 0 Å². The predicted octanol–water partition coefficient (Wildman–Crippen LogP) is 3.40. The van der Waals surface area contributed by atoms with Gasteiger partial charge in [-0.15, -0.1) is 9.42 Å². The minimum absolute atomic E-state index is 0.245. The molecule has 0 aliphatic rings. The summed E-state index contributed by atoms with van der Waals surface area (Å²) in [5.74, 6) is -0.245. The van der Waals surface area contributed by atoms with E-state index in [2.05, 4.69) is 0 Å². The lowest BCUT2D eigenvalue weighted by molar-refractivity contribution is 0.0395. The second-order valence-electron chi connectivity index (χ2n) is 4.23. The van der Waals surface area contributed by atoms with Crippen LogP contribution in [0.3, 0.4) is 0 Å². The lowest BCUT2D eigenvalue weighted by Gasteiger charge is -2.23. The molecule has 18 heavy (non-hydrogen) atoms. The van der Waals surface area contributed by atoms with Crippen LogP contribution in [0.1, 0.15) is 42.6 Å². The van der Waals surface area contributed by atoms with Gasteiger partial charge >= 0.3 is 8.25 Å². The Labute approximate surface area is 108 Å². The highest BCUT2D eigenvalue weighted by Crippen LogP contribution is 2.34. The molecule has 98 valence electrons. The zero-order valence-electron chi connectivity index (χ0n) is 10.8. The first-order valence-corrected chi connectivity index (χ1v) is 7.05. The van der Waals surface area contributed by atoms with Gasteiger partial charge in [0.1, 0.15) is 0 Å². The summed E-state index contributed by atoms with van der Waals surface area (Å²) in [6.45, 7) is 5.48. The fourth-order valence-electron chi connectivity index (χ4n) is 1.86. The molecule has 1 aromatic carbocycles. The van der Waals surface area contributed by atoms with Gasteiger partial charge in [-0.1, -0.05) is 43.7 Å². The van der Waals surface area contributed by atoms with Crippen molar-refractivity contribution in [2.75, 3.05) is 0 Å². The molecule has 1 aromatic rings. The second kappa shape index (κ2) is 6.19. The Balaban J connectivity index is 3.09. The van der Waals surface area contributed by atoms with E-state index in [-0.39, 0.29) is 5.78 Å². The average molecular weight is 269 g/mol. The van der Waals surface area contributed by atoms with E-state index in [4.69, 9.17) is 9.42 Å². The Hall–Kier alpha value is -1.09. The van der Waals surface area contributed by atoms with Crippen LogP contribution in [-0.4, -0.2) is 16.3 Å². The molecule has 1 atom stereocenters. The van der Waals surface area contributed by atoms with Gasteiger partial charge in [0, 0.05) is 10.1 Å². The molecular weight excluding hydrogens is 251 g/mol. The molecule has 0 saturated heterocycles. The van der Waals surface area contributed by atoms with E-state index < -0.39 is 13.9 Å². The molecular formula is C13H18O4P+. The highest BCUT2D eigenvalue weighted by molar-refractivity contribution is 7.32. The average Bonchev–Trinajstić information content (AvgIpc) is 2.36. The maximum absolute atomic E-state index is 12.4. The number of hydrogen-bond donors (Lipinski definition) is 1. The maximum Gasteiger partial charge on any atom is 0.695 e. The van der Waals surface area contributed by atoms with Gasteiger partial charge in [0.05, 0.1) is 0 Å². The molecule has 0 fully saturated rings. The molecule has 0 aliphatic carbocycles. The van der Waals surface area contributed by atoms with E-state index in [1.165, 1.54) is 0 Å². The molecule has 0 saturated carbocycles. The zero-order chi connectivity index (χ0) is 13.8. The number of rotatable bonds is 6. The minimum Gasteiger partial charge on any atom is -0.291 e. The van der Waals surface area contributed by atoms with Crippen molar-refractivity contribution >= 4 is 14.0 Å². The molecule has 0 aromatic heterocycles. The van der Waals surface area contributed by atoms with E-state index in [1.807, 2.05) is 19.1 Å². The van der Waals surface area contributed by atoms with Crippen LogP contribution in [-0.2, 0) is 9.09 Å². The van der Waals surface area contributed by atoms with Crippen molar-refractivity contribution in [2.45, 2.75) is 39.2 Å². The molecule has 0 bridgehead atoms. The summed E-state index contributed by atoms with van der Waals surface area (Å²) < 4.78 is 15.9. The molecule has 0 heterocycles. The maximum atomic E-state index is 12.4. The Morgan fingerprint density at radius 2 is 1.78 bits per heavy atom. The quantitative estimate of drug-likeness (QED) is 0.635. The van der Waals surface area contributed by atoms with Gasteiger partial charge in [0.15, 0.2) is 11.4 Å². The minimum atomic E-state index is -2.80. The summed E-state index contributed by atoms with van der Waals surface area (Å²) in [5.41, 5.74) is 0.345. The lowest BCUT2D eigenvalue weighted by Crippen LogP contribution is -2.38. The molecule has 0 spiro atoms. The van der Waals surface area contributed by atoms with Crippen molar-refractivity contribution in [3.05, 3.63) is 35.4 Å². The summed E-state index contributed by atoms with van der Waals surface area (Å²) in [6, 6.07) is 7.10. The molecule has 4 nitrogen and oxygen atoms in total. The van der Waals surface area contributed by atoms with Crippen LogP contribution < -0.4 is 0 Å². The van der Waals surface area contributed by atoms with Crippen molar-refractivity contribution in [1.82, 2.24) is 0 Å². The van der Waals surface area contributed by atoms with E-state index in [0.29, 0.717) is 18.4 Å². The SMILES string of the molecule is CCC(CC)(O[P+](=O)O)C(=O)c1ccc(C)cc1. The smallest absolute Gasteiger partial charge is 0.291 e. The Bertz CT molecular complexity index is 435. The molecule has 1 N–H and O–H groups in total. The fourth-order valence-corrected chi connectivity index (χ4v) is 2.50. The van der Waals surface area contributed by atoms with Gasteiger partial charge in [-0.05, 0) is 19.8 Å². The molecule has 1 unspecified atom stereocenters. The molecule has 0 radical (unpaired) electrons. The van der Waals surface area contributed by atoms with E-state index in [0.717, 1.165) is 5.56 Å². The number of hydrogen-bond acceptors (Lipinski definition) is 3. The summed E-state index contributed by atoms with van der Waals surface area (Å²) in [7, 11) is -2.80. The van der Waals surface area contributed by atoms with Gasteiger partial charge in [-0.2, -0.15) is 0 Å². The van der Waals surface area contributed by atoms with Crippen molar-refractivity contribution in [1.29, 1.82) is 0 Å². The molecule has 5 heteroatoms. The normalized spacial score (nSPS) is 12.3. The number of carbonyl (C=O) groups is 1. The number of aryl methyl sites for hydroxylation is 1. The van der Waals surface area contributed by atoms with Crippen molar-refractivity contribution < 1.29 is 18.8 Å². The van der Waals surface area contributed by atoms with Gasteiger partial charge in [0.2, 0.25) is 0 Å². The summed E-state index contributed by atoms with van der Waals surface area (Å²) in [5, 5.41) is 0. The molecule has 1 rings (SSSR count). The van der Waals surface area contributed by atoms with Gasteiger partial charge < -0.3 is 0 Å². The summed E-state index contributed by atoms with van der Waals surface area (Å²) in [6.07, 6.45) is 0.718. The van der Waals surface area contributed by atoms with Gasteiger partial charge in [-0.25, -0.2) is 0 Å². The third-order valence-electron chi connectivity index (χ3n) is 3.12. The predicted molar refractivity (Wildman–Crippen MR) is 69.7 cm³/mol. The first-order chi connectivity index (χ1) is 8.45. The van der Waals surface area contributed by atoms with Crippen molar-refractivity contribution in [3.8, 4) is 0 Å². The van der Waals surface area contributed by atoms with Crippen LogP contribution in [0.5, 0.6) is 0 Å². The molecule has 0 amide bonds. The topological polar surface area (TPSA) is 63.6 Å². The third-order valence-corrected chi connectivity index (χ3v) is 3.63. The lowest BCUT2D eigenvalue weighted by atomic mass is 9.88. The standard InChI is InChI=1S/C13H17O4P/c1-4-13(5-2,17-18(15)16)12(14)11-8-6-10(3)7-9-11/h6-9H,4-5H2,1-3H3/p+1. The summed E-state index contributed by atoms with van der Waals surface area (Å²) >= 11 is 0. The van der Waals surface area contributed by atoms with Gasteiger partial charge in [0.25, 0.3) is 0 Å². The van der Waals surface area contributed by atoms with Crippen molar-refractivity contribution in [2.24, 2.45) is 0 Å². The van der Waals surface area contributed by atoms with Gasteiger partial charge in [-0.3, -0.25) is 4.79 Å². The highest BCUT2D eigenvalue weighted by Gasteiger charge is 2.44. The van der Waals surface area contributed by atoms with E-state index in [9.17, 15) is 9.36 Å². The number of Topliss-reactive ketones (excluding diaryl/α,β-unsaturated/α-hetero) is 1. The Morgan fingerprint density at radius 3 is 2.17 bits per heavy atom. The van der Waals surface area contributed by atoms with Crippen LogP contribution >= 0.6 is 8.25 Å². The number of ketones is 1. The van der Waals surface area contributed by atoms with Crippen LogP contribution in [0.4, 0.5) is 0 Å². The van der Waals surface area contributed by atoms with Crippen LogP contribution in [0.2, 0.25) is 0 Å². The number of benzene rings is 1. The largest absolute Gasteiger partial charge is 0.695 e. The first-order valence-electron chi connectivity index (χ1n) is 5.92. The highest BCUT2D eigenvalue weighted by atomic mass is 31.1. The van der Waals surface area contributed by atoms with Crippen LogP contribution in [0, 0.1) is 6.92 Å². The third kappa shape index (κ3) is 3.22. The molecule has 0 aliphatic heterocycles. The fraction of sp³-hybridized carbons (Fsp3) is 0.462. The second-order valence-corrected chi connectivity index (χ2v) is 4.88. The number of carbonyl (C=O) groups excluding carboxylic acids is 1. The van der Waals surface area contributed by atoms with E-state index in [1.54, 1.807) is 26.0 Å². The Kier molecular flexibility index (Phi) is 5.15. The van der Waals surface area contributed by atoms with E-state index >= 15 is 0 Å². The Morgan fingerprint density at radius 1 is 1.28 bits per heavy atom. The van der Waals surface area contributed by atoms with Crippen molar-refractivity contribution in [3.63, 3.8) is 0 Å². The zero-order valence-corrected chi connectivity index (χ0v) is 11.7. The van der Waals surface area contributed by atoms with Crippen LogP contribution in [0.15, 0.2) is 24.3 Å².